The van der Waals surface area contributed by atoms with E-state index in [-0.39, 0.29) is 24.3 Å². The fraction of sp³-hybridized carbons (Fsp3) is 0.600. The van der Waals surface area contributed by atoms with Crippen molar-refractivity contribution >= 4 is 5.91 Å². The molecule has 2 aliphatic rings. The lowest BCUT2D eigenvalue weighted by Gasteiger charge is -2.41. The topological polar surface area (TPSA) is 66.6 Å². The standard InChI is InChI=1S/C15H20N2O3/c1-10-4-2-3-5-13(10)15(19)17-7-11(8-17)14-6-12(9-18)20-16-14/h2-3,6,10-11,13,18H,4-5,7-9H2,1H3/t10-,13-/m1/s1. The lowest BCUT2D eigenvalue weighted by molar-refractivity contribution is -0.141. The highest BCUT2D eigenvalue weighted by Gasteiger charge is 2.38. The fourth-order valence-electron chi connectivity index (χ4n) is 2.97. The second-order valence-electron chi connectivity index (χ2n) is 5.84. The van der Waals surface area contributed by atoms with Crippen LogP contribution in [0.2, 0.25) is 0 Å². The Balaban J connectivity index is 1.57. The van der Waals surface area contributed by atoms with Gasteiger partial charge in [-0.25, -0.2) is 0 Å². The van der Waals surface area contributed by atoms with Gasteiger partial charge in [0, 0.05) is 31.0 Å². The van der Waals surface area contributed by atoms with E-state index in [2.05, 4.69) is 24.2 Å². The Morgan fingerprint density at radius 2 is 2.20 bits per heavy atom. The van der Waals surface area contributed by atoms with Crippen LogP contribution in [-0.2, 0) is 11.4 Å². The lowest BCUT2D eigenvalue weighted by Crippen LogP contribution is -2.51. The third-order valence-corrected chi connectivity index (χ3v) is 4.41. The van der Waals surface area contributed by atoms with Crippen LogP contribution in [0.3, 0.4) is 0 Å². The predicted molar refractivity (Wildman–Crippen MR) is 72.8 cm³/mol. The molecule has 1 fully saturated rings. The van der Waals surface area contributed by atoms with Crippen LogP contribution in [0.5, 0.6) is 0 Å². The quantitative estimate of drug-likeness (QED) is 0.853. The third kappa shape index (κ3) is 2.38. The number of nitrogens with zero attached hydrogens (tertiary/aromatic N) is 2. The number of aliphatic hydroxyl groups is 1. The van der Waals surface area contributed by atoms with Gasteiger partial charge in [0.15, 0.2) is 5.76 Å². The molecule has 0 radical (unpaired) electrons. The van der Waals surface area contributed by atoms with Crippen molar-refractivity contribution in [1.29, 1.82) is 0 Å². The van der Waals surface area contributed by atoms with Crippen LogP contribution >= 0.6 is 0 Å². The van der Waals surface area contributed by atoms with Gasteiger partial charge < -0.3 is 14.5 Å². The maximum Gasteiger partial charge on any atom is 0.226 e. The van der Waals surface area contributed by atoms with Crippen molar-refractivity contribution in [3.63, 3.8) is 0 Å². The Hall–Kier alpha value is -1.62. The van der Waals surface area contributed by atoms with Crippen LogP contribution in [-0.4, -0.2) is 34.2 Å². The zero-order valence-corrected chi connectivity index (χ0v) is 11.7. The lowest BCUT2D eigenvalue weighted by atomic mass is 9.82. The maximum absolute atomic E-state index is 12.4. The molecule has 0 aromatic carbocycles. The van der Waals surface area contributed by atoms with Gasteiger partial charge in [-0.1, -0.05) is 24.2 Å². The summed E-state index contributed by atoms with van der Waals surface area (Å²) in [6.45, 7) is 3.44. The number of aromatic nitrogens is 1. The Morgan fingerprint density at radius 1 is 1.45 bits per heavy atom. The molecule has 0 unspecified atom stereocenters. The molecular weight excluding hydrogens is 256 g/mol. The van der Waals surface area contributed by atoms with Crippen molar-refractivity contribution in [2.45, 2.75) is 32.3 Å². The number of hydrogen-bond acceptors (Lipinski definition) is 4. The van der Waals surface area contributed by atoms with Gasteiger partial charge in [-0.05, 0) is 18.8 Å². The third-order valence-electron chi connectivity index (χ3n) is 4.41. The molecule has 2 atom stereocenters. The average molecular weight is 276 g/mol. The highest BCUT2D eigenvalue weighted by molar-refractivity contribution is 5.80. The number of aliphatic hydroxyl groups excluding tert-OH is 1. The number of hydrogen-bond donors (Lipinski definition) is 1. The first-order valence-corrected chi connectivity index (χ1v) is 7.19. The van der Waals surface area contributed by atoms with Crippen molar-refractivity contribution < 1.29 is 14.4 Å². The highest BCUT2D eigenvalue weighted by Crippen LogP contribution is 2.32. The van der Waals surface area contributed by atoms with Crippen LogP contribution in [0.4, 0.5) is 0 Å². The minimum atomic E-state index is -0.131. The molecule has 0 bridgehead atoms. The summed E-state index contributed by atoms with van der Waals surface area (Å²) in [4.78, 5) is 14.4. The van der Waals surface area contributed by atoms with Crippen molar-refractivity contribution in [1.82, 2.24) is 10.1 Å². The number of carbonyl (C=O) groups excluding carboxylic acids is 1. The summed E-state index contributed by atoms with van der Waals surface area (Å²) >= 11 is 0. The Kier molecular flexibility index (Phi) is 3.61. The summed E-state index contributed by atoms with van der Waals surface area (Å²) in [7, 11) is 0. The molecule has 108 valence electrons. The van der Waals surface area contributed by atoms with Crippen LogP contribution in [0.1, 0.15) is 37.1 Å². The van der Waals surface area contributed by atoms with E-state index in [0.717, 1.165) is 18.5 Å². The van der Waals surface area contributed by atoms with Crippen molar-refractivity contribution in [2.75, 3.05) is 13.1 Å². The van der Waals surface area contributed by atoms with Crippen LogP contribution in [0.25, 0.3) is 0 Å². The molecule has 1 aliphatic carbocycles. The molecule has 2 heterocycles. The van der Waals surface area contributed by atoms with Gasteiger partial charge in [0.1, 0.15) is 6.61 Å². The molecule has 1 N–H and O–H groups in total. The monoisotopic (exact) mass is 276 g/mol. The van der Waals surface area contributed by atoms with E-state index >= 15 is 0 Å². The van der Waals surface area contributed by atoms with Gasteiger partial charge in [0.25, 0.3) is 0 Å². The van der Waals surface area contributed by atoms with E-state index in [0.29, 0.717) is 24.8 Å². The summed E-state index contributed by atoms with van der Waals surface area (Å²) < 4.78 is 4.99. The highest BCUT2D eigenvalue weighted by atomic mass is 16.5. The van der Waals surface area contributed by atoms with E-state index in [1.54, 1.807) is 6.07 Å². The molecule has 0 saturated carbocycles. The average Bonchev–Trinajstić information content (AvgIpc) is 2.86. The molecule has 5 heteroatoms. The van der Waals surface area contributed by atoms with Crippen LogP contribution in [0.15, 0.2) is 22.7 Å². The molecule has 1 aromatic rings. The Labute approximate surface area is 118 Å². The van der Waals surface area contributed by atoms with Gasteiger partial charge in [-0.15, -0.1) is 0 Å². The molecular formula is C15H20N2O3. The largest absolute Gasteiger partial charge is 0.388 e. The summed E-state index contributed by atoms with van der Waals surface area (Å²) in [5.41, 5.74) is 0.842. The molecule has 3 rings (SSSR count). The molecule has 20 heavy (non-hydrogen) atoms. The van der Waals surface area contributed by atoms with E-state index in [4.69, 9.17) is 9.63 Å². The Bertz CT molecular complexity index is 517. The first-order chi connectivity index (χ1) is 9.69. The van der Waals surface area contributed by atoms with Gasteiger partial charge in [-0.3, -0.25) is 4.79 Å². The van der Waals surface area contributed by atoms with Gasteiger partial charge in [0.2, 0.25) is 5.91 Å². The molecule has 1 saturated heterocycles. The minimum Gasteiger partial charge on any atom is -0.388 e. The smallest absolute Gasteiger partial charge is 0.226 e. The molecule has 5 nitrogen and oxygen atoms in total. The zero-order chi connectivity index (χ0) is 14.1. The SMILES string of the molecule is C[C@@H]1CC=CC[C@H]1C(=O)N1CC(c2cc(CO)on2)C1. The first kappa shape index (κ1) is 13.4. The van der Waals surface area contributed by atoms with E-state index in [1.165, 1.54) is 0 Å². The van der Waals surface area contributed by atoms with Gasteiger partial charge in [0.05, 0.1) is 5.69 Å². The summed E-state index contributed by atoms with van der Waals surface area (Å²) in [5.74, 6) is 1.56. The van der Waals surface area contributed by atoms with E-state index in [1.807, 2.05) is 4.90 Å². The van der Waals surface area contributed by atoms with Gasteiger partial charge >= 0.3 is 0 Å². The second-order valence-corrected chi connectivity index (χ2v) is 5.84. The number of carbonyl (C=O) groups is 1. The minimum absolute atomic E-state index is 0.131. The molecule has 0 spiro atoms. The fourth-order valence-corrected chi connectivity index (χ4v) is 2.97. The number of allylic oxidation sites excluding steroid dienone is 2. The van der Waals surface area contributed by atoms with E-state index < -0.39 is 0 Å². The second kappa shape index (κ2) is 5.40. The summed E-state index contributed by atoms with van der Waals surface area (Å²) in [6, 6.07) is 1.78. The summed E-state index contributed by atoms with van der Waals surface area (Å²) in [5, 5.41) is 12.9. The first-order valence-electron chi connectivity index (χ1n) is 7.19. The molecule has 1 aromatic heterocycles. The number of rotatable bonds is 3. The van der Waals surface area contributed by atoms with Crippen LogP contribution < -0.4 is 0 Å². The van der Waals surface area contributed by atoms with Crippen molar-refractivity contribution in [3.05, 3.63) is 29.7 Å². The Morgan fingerprint density at radius 3 is 2.85 bits per heavy atom. The number of likely N-dealkylation sites (tertiary alicyclic amines) is 1. The maximum atomic E-state index is 12.4. The van der Waals surface area contributed by atoms with Crippen molar-refractivity contribution in [3.8, 4) is 0 Å². The normalized spacial score (nSPS) is 26.6. The van der Waals surface area contributed by atoms with Crippen molar-refractivity contribution in [2.24, 2.45) is 11.8 Å². The van der Waals surface area contributed by atoms with Crippen LogP contribution in [0, 0.1) is 11.8 Å². The number of amides is 1. The predicted octanol–water partition coefficient (Wildman–Crippen LogP) is 1.70. The zero-order valence-electron chi connectivity index (χ0n) is 11.7. The van der Waals surface area contributed by atoms with Gasteiger partial charge in [-0.2, -0.15) is 0 Å². The van der Waals surface area contributed by atoms with E-state index in [9.17, 15) is 4.79 Å². The molecule has 1 aliphatic heterocycles. The summed E-state index contributed by atoms with van der Waals surface area (Å²) in [6.07, 6.45) is 6.14. The molecule has 1 amide bonds.